The first-order valence-electron chi connectivity index (χ1n) is 12.1. The van der Waals surface area contributed by atoms with E-state index in [2.05, 4.69) is 37.8 Å². The second kappa shape index (κ2) is 12.6. The van der Waals surface area contributed by atoms with Crippen LogP contribution in [0.15, 0.2) is 95.5 Å². The third kappa shape index (κ3) is 6.95. The molecule has 0 aliphatic rings. The predicted octanol–water partition coefficient (Wildman–Crippen LogP) is 6.15. The van der Waals surface area contributed by atoms with Gasteiger partial charge in [-0.1, -0.05) is 34.7 Å². The molecule has 1 atom stereocenters. The molecule has 0 unspecified atom stereocenters. The molecule has 0 spiro atoms. The average Bonchev–Trinajstić information content (AvgIpc) is 3.29. The maximum absolute atomic E-state index is 14.1. The summed E-state index contributed by atoms with van der Waals surface area (Å²) in [5.74, 6) is -3.79. The SMILES string of the molecule is C=C/C(F)=C(\C=C\c1cccnc1[C@H](Cc1cc(F)cc(F)c1)NC(=O)Cc1c[nH]c2ccc(Br)cc12)C(N)=O. The molecule has 204 valence electrons. The van der Waals surface area contributed by atoms with E-state index < -0.39 is 35.0 Å². The van der Waals surface area contributed by atoms with E-state index >= 15 is 0 Å². The normalized spacial score (nSPS) is 12.8. The molecule has 4 aromatic rings. The van der Waals surface area contributed by atoms with Crippen molar-refractivity contribution in [3.8, 4) is 0 Å². The summed E-state index contributed by atoms with van der Waals surface area (Å²) in [6.45, 7) is 3.31. The molecule has 0 saturated carbocycles. The van der Waals surface area contributed by atoms with Gasteiger partial charge in [0.1, 0.15) is 17.5 Å². The van der Waals surface area contributed by atoms with Gasteiger partial charge in [0.15, 0.2) is 0 Å². The quantitative estimate of drug-likeness (QED) is 0.149. The van der Waals surface area contributed by atoms with Gasteiger partial charge in [0.25, 0.3) is 5.91 Å². The van der Waals surface area contributed by atoms with Crippen LogP contribution >= 0.6 is 15.9 Å². The van der Waals surface area contributed by atoms with Crippen LogP contribution in [0.5, 0.6) is 0 Å². The number of nitrogens with one attached hydrogen (secondary N) is 2. The molecular weight excluding hydrogens is 585 g/mol. The number of nitrogens with zero attached hydrogens (tertiary/aromatic N) is 1. The molecule has 0 bridgehead atoms. The molecule has 40 heavy (non-hydrogen) atoms. The summed E-state index contributed by atoms with van der Waals surface area (Å²) in [4.78, 5) is 32.6. The number of benzene rings is 2. The predicted molar refractivity (Wildman–Crippen MR) is 151 cm³/mol. The van der Waals surface area contributed by atoms with Crippen LogP contribution in [0.2, 0.25) is 0 Å². The topological polar surface area (TPSA) is 101 Å². The summed E-state index contributed by atoms with van der Waals surface area (Å²) >= 11 is 3.44. The van der Waals surface area contributed by atoms with Gasteiger partial charge in [-0.2, -0.15) is 0 Å². The summed E-state index contributed by atoms with van der Waals surface area (Å²) in [6, 6.07) is 11.2. The van der Waals surface area contributed by atoms with Crippen LogP contribution in [0.1, 0.15) is 28.4 Å². The molecule has 0 fully saturated rings. The largest absolute Gasteiger partial charge is 0.366 e. The summed E-state index contributed by atoms with van der Waals surface area (Å²) in [7, 11) is 0. The maximum atomic E-state index is 14.1. The summed E-state index contributed by atoms with van der Waals surface area (Å²) in [5.41, 5.74) is 7.56. The van der Waals surface area contributed by atoms with E-state index in [1.54, 1.807) is 18.3 Å². The molecule has 6 nitrogen and oxygen atoms in total. The lowest BCUT2D eigenvalue weighted by Crippen LogP contribution is -2.32. The number of aromatic nitrogens is 2. The van der Waals surface area contributed by atoms with Crippen LogP contribution < -0.4 is 11.1 Å². The first kappa shape index (κ1) is 28.6. The Labute approximate surface area is 236 Å². The summed E-state index contributed by atoms with van der Waals surface area (Å²) in [6.07, 6.45) is 6.72. The second-order valence-corrected chi connectivity index (χ2v) is 9.84. The molecule has 4 rings (SSSR count). The van der Waals surface area contributed by atoms with Crippen molar-refractivity contribution in [3.63, 3.8) is 0 Å². The lowest BCUT2D eigenvalue weighted by molar-refractivity contribution is -0.121. The van der Waals surface area contributed by atoms with Crippen LogP contribution in [0.3, 0.4) is 0 Å². The standard InChI is InChI=1S/C30H24BrF3N4O2/c1-2-25(34)23(30(35)40)7-5-18-4-3-9-36-29(18)27(12-17-10-21(32)15-22(33)11-17)38-28(39)13-19-16-37-26-8-6-20(31)14-24(19)26/h2-11,14-16,27,37H,1,12-13H2,(H2,35,40)(H,38,39)/b7-5+,25-23-/t27-/m0/s1. The average molecular weight is 609 g/mol. The third-order valence-electron chi connectivity index (χ3n) is 6.11. The molecule has 2 amide bonds. The number of H-pyrrole nitrogens is 1. The monoisotopic (exact) mass is 608 g/mol. The Morgan fingerprint density at radius 2 is 1.90 bits per heavy atom. The first-order chi connectivity index (χ1) is 19.1. The summed E-state index contributed by atoms with van der Waals surface area (Å²) < 4.78 is 43.0. The van der Waals surface area contributed by atoms with Crippen LogP contribution in [0.4, 0.5) is 13.2 Å². The number of primary amides is 1. The number of pyridine rings is 1. The van der Waals surface area contributed by atoms with E-state index in [4.69, 9.17) is 5.73 Å². The number of allylic oxidation sites excluding steroid dienone is 2. The smallest absolute Gasteiger partial charge is 0.251 e. The zero-order chi connectivity index (χ0) is 28.8. The van der Waals surface area contributed by atoms with Gasteiger partial charge in [-0.3, -0.25) is 14.6 Å². The van der Waals surface area contributed by atoms with Crippen LogP contribution in [0.25, 0.3) is 17.0 Å². The molecular formula is C30H24BrF3N4O2. The molecule has 0 aliphatic carbocycles. The number of aromatic amines is 1. The number of nitrogens with two attached hydrogens (primary N) is 1. The molecule has 2 aromatic heterocycles. The van der Waals surface area contributed by atoms with Crippen molar-refractivity contribution in [1.29, 1.82) is 0 Å². The number of amides is 2. The van der Waals surface area contributed by atoms with Crippen molar-refractivity contribution in [2.75, 3.05) is 0 Å². The van der Waals surface area contributed by atoms with E-state index in [9.17, 15) is 22.8 Å². The van der Waals surface area contributed by atoms with Gasteiger partial charge >= 0.3 is 0 Å². The van der Waals surface area contributed by atoms with Crippen molar-refractivity contribution < 1.29 is 22.8 Å². The van der Waals surface area contributed by atoms with E-state index in [1.807, 2.05) is 18.2 Å². The van der Waals surface area contributed by atoms with Gasteiger partial charge in [-0.05, 0) is 71.7 Å². The van der Waals surface area contributed by atoms with E-state index in [0.29, 0.717) is 11.3 Å². The number of rotatable bonds is 10. The Hall–Kier alpha value is -4.44. The fraction of sp³-hybridized carbons (Fsp3) is 0.100. The van der Waals surface area contributed by atoms with Crippen molar-refractivity contribution in [2.24, 2.45) is 5.73 Å². The lowest BCUT2D eigenvalue weighted by atomic mass is 9.98. The zero-order valence-electron chi connectivity index (χ0n) is 21.1. The molecule has 2 aromatic carbocycles. The highest BCUT2D eigenvalue weighted by atomic mass is 79.9. The molecule has 0 aliphatic heterocycles. The molecule has 4 N–H and O–H groups in total. The molecule has 0 saturated heterocycles. The van der Waals surface area contributed by atoms with Crippen LogP contribution in [0, 0.1) is 11.6 Å². The number of hydrogen-bond acceptors (Lipinski definition) is 3. The van der Waals surface area contributed by atoms with Crippen molar-refractivity contribution in [2.45, 2.75) is 18.9 Å². The lowest BCUT2D eigenvalue weighted by Gasteiger charge is -2.21. The van der Waals surface area contributed by atoms with Crippen LogP contribution in [-0.4, -0.2) is 21.8 Å². The van der Waals surface area contributed by atoms with Gasteiger partial charge in [0, 0.05) is 33.8 Å². The maximum Gasteiger partial charge on any atom is 0.251 e. The highest BCUT2D eigenvalue weighted by molar-refractivity contribution is 9.10. The summed E-state index contributed by atoms with van der Waals surface area (Å²) in [5, 5.41) is 3.79. The number of hydrogen-bond donors (Lipinski definition) is 3. The number of carbonyl (C=O) groups is 2. The van der Waals surface area contributed by atoms with Gasteiger partial charge in [-0.25, -0.2) is 13.2 Å². The van der Waals surface area contributed by atoms with Gasteiger partial charge in [0.05, 0.1) is 23.7 Å². The fourth-order valence-corrected chi connectivity index (χ4v) is 4.68. The second-order valence-electron chi connectivity index (χ2n) is 8.92. The minimum atomic E-state index is -0.996. The van der Waals surface area contributed by atoms with Crippen molar-refractivity contribution in [3.05, 3.63) is 130 Å². The highest BCUT2D eigenvalue weighted by Crippen LogP contribution is 2.26. The minimum absolute atomic E-state index is 0.00274. The minimum Gasteiger partial charge on any atom is -0.366 e. The Bertz CT molecular complexity index is 1640. The van der Waals surface area contributed by atoms with Crippen molar-refractivity contribution >= 4 is 44.7 Å². The Balaban J connectivity index is 1.70. The first-order valence-corrected chi connectivity index (χ1v) is 12.9. The van der Waals surface area contributed by atoms with E-state index in [1.165, 1.54) is 30.5 Å². The third-order valence-corrected chi connectivity index (χ3v) is 6.60. The molecule has 0 radical (unpaired) electrons. The molecule has 10 heteroatoms. The Morgan fingerprint density at radius 3 is 2.60 bits per heavy atom. The fourth-order valence-electron chi connectivity index (χ4n) is 4.32. The molecule has 2 heterocycles. The van der Waals surface area contributed by atoms with Gasteiger partial charge < -0.3 is 16.0 Å². The number of halogens is 4. The van der Waals surface area contributed by atoms with Gasteiger partial charge in [0.2, 0.25) is 5.91 Å². The Kier molecular flexibility index (Phi) is 9.00. The number of carbonyl (C=O) groups excluding carboxylic acids is 2. The number of fused-ring (bicyclic) bond motifs is 1. The Morgan fingerprint density at radius 1 is 1.15 bits per heavy atom. The highest BCUT2D eigenvalue weighted by Gasteiger charge is 2.21. The van der Waals surface area contributed by atoms with Gasteiger partial charge in [-0.15, -0.1) is 0 Å². The van der Waals surface area contributed by atoms with E-state index in [0.717, 1.165) is 33.1 Å². The zero-order valence-corrected chi connectivity index (χ0v) is 22.6. The van der Waals surface area contributed by atoms with Crippen molar-refractivity contribution in [1.82, 2.24) is 15.3 Å². The van der Waals surface area contributed by atoms with E-state index in [-0.39, 0.29) is 24.3 Å². The van der Waals surface area contributed by atoms with Crippen LogP contribution in [-0.2, 0) is 22.4 Å².